The Labute approximate surface area is 184 Å². The average molecular weight is 466 g/mol. The molecule has 1 fully saturated rings. The molecule has 1 aliphatic rings. The molecule has 0 aromatic heterocycles. The van der Waals surface area contributed by atoms with Gasteiger partial charge in [0.2, 0.25) is 5.91 Å². The SMILES string of the molecule is COc1ccc(/C=C2/SC(=O)N(CC(=O)Nc3ccc(F)c(Cl)c3)C2=O)cc1[N+](=O)[O-]. The molecule has 0 radical (unpaired) electrons. The summed E-state index contributed by atoms with van der Waals surface area (Å²) in [6, 6.07) is 7.61. The Morgan fingerprint density at radius 3 is 2.71 bits per heavy atom. The third-order valence-electron chi connectivity index (χ3n) is 4.08. The molecule has 1 N–H and O–H groups in total. The Balaban J connectivity index is 1.74. The standard InChI is InChI=1S/C19H13ClFN3O6S/c1-30-15-5-2-10(6-14(15)24(28)29)7-16-18(26)23(19(27)31-16)9-17(25)22-11-3-4-13(21)12(20)8-11/h2-8H,9H2,1H3,(H,22,25)/b16-7+. The van der Waals surface area contributed by atoms with Gasteiger partial charge in [0, 0.05) is 11.8 Å². The number of anilines is 1. The minimum atomic E-state index is -0.722. The van der Waals surface area contributed by atoms with Gasteiger partial charge in [-0.3, -0.25) is 29.4 Å². The molecule has 1 heterocycles. The molecule has 0 atom stereocenters. The molecule has 2 aromatic carbocycles. The Morgan fingerprint density at radius 1 is 1.32 bits per heavy atom. The number of halogens is 2. The Kier molecular flexibility index (Phi) is 6.56. The molecule has 0 bridgehead atoms. The highest BCUT2D eigenvalue weighted by atomic mass is 35.5. The van der Waals surface area contributed by atoms with E-state index in [0.717, 1.165) is 11.0 Å². The van der Waals surface area contributed by atoms with E-state index in [-0.39, 0.29) is 27.1 Å². The van der Waals surface area contributed by atoms with Crippen LogP contribution >= 0.6 is 23.4 Å². The highest BCUT2D eigenvalue weighted by molar-refractivity contribution is 8.18. The fraction of sp³-hybridized carbons (Fsp3) is 0.105. The average Bonchev–Trinajstić information content (AvgIpc) is 2.98. The summed E-state index contributed by atoms with van der Waals surface area (Å²) in [4.78, 5) is 48.2. The first-order chi connectivity index (χ1) is 14.7. The number of carbonyl (C=O) groups is 3. The minimum absolute atomic E-state index is 0.00194. The van der Waals surface area contributed by atoms with Gasteiger partial charge >= 0.3 is 5.69 Å². The number of thioether (sulfide) groups is 1. The maximum Gasteiger partial charge on any atom is 0.311 e. The molecule has 2 aromatic rings. The molecule has 0 saturated carbocycles. The van der Waals surface area contributed by atoms with Crippen LogP contribution in [-0.4, -0.2) is 40.5 Å². The van der Waals surface area contributed by atoms with Crippen molar-refractivity contribution < 1.29 is 28.4 Å². The van der Waals surface area contributed by atoms with E-state index in [2.05, 4.69) is 5.32 Å². The molecule has 12 heteroatoms. The highest BCUT2D eigenvalue weighted by Gasteiger charge is 2.36. The molecule has 1 aliphatic heterocycles. The summed E-state index contributed by atoms with van der Waals surface area (Å²) < 4.78 is 18.1. The Morgan fingerprint density at radius 2 is 2.06 bits per heavy atom. The first-order valence-corrected chi connectivity index (χ1v) is 9.71. The van der Waals surface area contributed by atoms with E-state index < -0.39 is 34.3 Å². The molecule has 31 heavy (non-hydrogen) atoms. The second-order valence-electron chi connectivity index (χ2n) is 6.13. The smallest absolute Gasteiger partial charge is 0.311 e. The van der Waals surface area contributed by atoms with Crippen LogP contribution in [0.4, 0.5) is 20.6 Å². The van der Waals surface area contributed by atoms with E-state index in [1.807, 2.05) is 0 Å². The predicted molar refractivity (Wildman–Crippen MR) is 112 cm³/mol. The number of ether oxygens (including phenoxy) is 1. The summed E-state index contributed by atoms with van der Waals surface area (Å²) >= 11 is 6.25. The van der Waals surface area contributed by atoms with Crippen LogP contribution in [0.3, 0.4) is 0 Å². The van der Waals surface area contributed by atoms with Crippen molar-refractivity contribution in [2.45, 2.75) is 0 Å². The fourth-order valence-corrected chi connectivity index (χ4v) is 3.66. The lowest BCUT2D eigenvalue weighted by atomic mass is 10.1. The van der Waals surface area contributed by atoms with Crippen molar-refractivity contribution in [1.82, 2.24) is 4.90 Å². The minimum Gasteiger partial charge on any atom is -0.490 e. The molecule has 160 valence electrons. The molecular weight excluding hydrogens is 453 g/mol. The van der Waals surface area contributed by atoms with Gasteiger partial charge in [-0.1, -0.05) is 17.7 Å². The van der Waals surface area contributed by atoms with Gasteiger partial charge in [-0.15, -0.1) is 0 Å². The van der Waals surface area contributed by atoms with E-state index in [4.69, 9.17) is 16.3 Å². The molecular formula is C19H13ClFN3O6S. The van der Waals surface area contributed by atoms with Crippen LogP contribution < -0.4 is 10.1 Å². The van der Waals surface area contributed by atoms with Gasteiger partial charge in [0.1, 0.15) is 12.4 Å². The Bertz CT molecular complexity index is 1140. The summed E-state index contributed by atoms with van der Waals surface area (Å²) in [5.74, 6) is -2.02. The maximum absolute atomic E-state index is 13.2. The van der Waals surface area contributed by atoms with Gasteiger partial charge in [0.25, 0.3) is 11.1 Å². The number of hydrogen-bond acceptors (Lipinski definition) is 7. The number of methoxy groups -OCH3 is 1. The van der Waals surface area contributed by atoms with Crippen molar-refractivity contribution in [2.75, 3.05) is 19.0 Å². The first kappa shape index (κ1) is 22.2. The topological polar surface area (TPSA) is 119 Å². The van der Waals surface area contributed by atoms with Crippen LogP contribution in [0.1, 0.15) is 5.56 Å². The summed E-state index contributed by atoms with van der Waals surface area (Å²) in [6.07, 6.45) is 1.31. The zero-order chi connectivity index (χ0) is 22.7. The lowest BCUT2D eigenvalue weighted by molar-refractivity contribution is -0.385. The lowest BCUT2D eigenvalue weighted by Gasteiger charge is -2.12. The second-order valence-corrected chi connectivity index (χ2v) is 7.53. The largest absolute Gasteiger partial charge is 0.490 e. The molecule has 9 nitrogen and oxygen atoms in total. The van der Waals surface area contributed by atoms with Crippen molar-refractivity contribution in [3.05, 3.63) is 67.8 Å². The molecule has 0 unspecified atom stereocenters. The molecule has 3 rings (SSSR count). The normalized spacial score (nSPS) is 14.8. The number of rotatable bonds is 6. The van der Waals surface area contributed by atoms with Gasteiger partial charge in [-0.25, -0.2) is 4.39 Å². The van der Waals surface area contributed by atoms with E-state index in [1.165, 1.54) is 43.5 Å². The summed E-state index contributed by atoms with van der Waals surface area (Å²) in [5, 5.41) is 12.7. The number of nitro groups is 1. The van der Waals surface area contributed by atoms with Crippen molar-refractivity contribution in [3.63, 3.8) is 0 Å². The molecule has 3 amide bonds. The predicted octanol–water partition coefficient (Wildman–Crippen LogP) is 4.07. The number of nitrogens with zero attached hydrogens (tertiary/aromatic N) is 2. The second kappa shape index (κ2) is 9.14. The van der Waals surface area contributed by atoms with Gasteiger partial charge in [0.05, 0.1) is 22.0 Å². The molecule has 0 aliphatic carbocycles. The van der Waals surface area contributed by atoms with Gasteiger partial charge in [-0.05, 0) is 47.7 Å². The summed E-state index contributed by atoms with van der Waals surface area (Å²) in [5.41, 5.74) is 0.209. The summed E-state index contributed by atoms with van der Waals surface area (Å²) in [6.45, 7) is -0.570. The number of nitro benzene ring substituents is 1. The zero-order valence-corrected chi connectivity index (χ0v) is 17.3. The number of amides is 3. The third-order valence-corrected chi connectivity index (χ3v) is 5.27. The quantitative estimate of drug-likeness (QED) is 0.388. The molecule has 1 saturated heterocycles. The highest BCUT2D eigenvalue weighted by Crippen LogP contribution is 2.34. The van der Waals surface area contributed by atoms with Crippen molar-refractivity contribution in [3.8, 4) is 5.75 Å². The number of nitrogens with one attached hydrogen (secondary N) is 1. The van der Waals surface area contributed by atoms with Crippen LogP contribution in [0.15, 0.2) is 41.3 Å². The van der Waals surface area contributed by atoms with Crippen LogP contribution in [0, 0.1) is 15.9 Å². The van der Waals surface area contributed by atoms with E-state index >= 15 is 0 Å². The molecule has 0 spiro atoms. The number of carbonyl (C=O) groups excluding carboxylic acids is 3. The van der Waals surface area contributed by atoms with E-state index in [9.17, 15) is 28.9 Å². The van der Waals surface area contributed by atoms with Crippen LogP contribution in [0.5, 0.6) is 5.75 Å². The maximum atomic E-state index is 13.2. The van der Waals surface area contributed by atoms with Crippen LogP contribution in [0.2, 0.25) is 5.02 Å². The van der Waals surface area contributed by atoms with E-state index in [0.29, 0.717) is 17.3 Å². The van der Waals surface area contributed by atoms with Gasteiger partial charge < -0.3 is 10.1 Å². The summed E-state index contributed by atoms with van der Waals surface area (Å²) in [7, 11) is 1.29. The fourth-order valence-electron chi connectivity index (χ4n) is 2.65. The van der Waals surface area contributed by atoms with E-state index in [1.54, 1.807) is 0 Å². The number of hydrogen-bond donors (Lipinski definition) is 1. The number of imide groups is 1. The van der Waals surface area contributed by atoms with Crippen LogP contribution in [-0.2, 0) is 9.59 Å². The third kappa shape index (κ3) is 5.01. The van der Waals surface area contributed by atoms with Gasteiger partial charge in [0.15, 0.2) is 5.75 Å². The lowest BCUT2D eigenvalue weighted by Crippen LogP contribution is -2.36. The van der Waals surface area contributed by atoms with Crippen molar-refractivity contribution >= 4 is 57.9 Å². The monoisotopic (exact) mass is 465 g/mol. The van der Waals surface area contributed by atoms with Crippen LogP contribution in [0.25, 0.3) is 6.08 Å². The zero-order valence-electron chi connectivity index (χ0n) is 15.8. The van der Waals surface area contributed by atoms with Crippen molar-refractivity contribution in [1.29, 1.82) is 0 Å². The Hall–Kier alpha value is -3.44. The van der Waals surface area contributed by atoms with Crippen molar-refractivity contribution in [2.24, 2.45) is 0 Å². The van der Waals surface area contributed by atoms with Gasteiger partial charge in [-0.2, -0.15) is 0 Å². The number of benzene rings is 2. The first-order valence-electron chi connectivity index (χ1n) is 8.52.